The molecule has 0 aromatic heterocycles. The molecule has 190 valence electrons. The van der Waals surface area contributed by atoms with E-state index >= 15 is 0 Å². The molecule has 0 bridgehead atoms. The van der Waals surface area contributed by atoms with Crippen LogP contribution in [-0.2, 0) is 26.2 Å². The van der Waals surface area contributed by atoms with Gasteiger partial charge >= 0.3 is 0 Å². The fourth-order valence-corrected chi connectivity index (χ4v) is 4.51. The Kier molecular flexibility index (Phi) is 13.2. The normalized spacial score (nSPS) is 9.51. The van der Waals surface area contributed by atoms with Crippen LogP contribution in [0.3, 0.4) is 0 Å². The van der Waals surface area contributed by atoms with Gasteiger partial charge in [-0.1, -0.05) is 97.8 Å². The first-order valence-corrected chi connectivity index (χ1v) is 11.8. The van der Waals surface area contributed by atoms with Gasteiger partial charge < -0.3 is 21.8 Å². The third-order valence-corrected chi connectivity index (χ3v) is 5.96. The molecule has 0 saturated heterocycles. The number of hydrogen-bond acceptors (Lipinski definition) is 0. The minimum Gasteiger partial charge on any atom is -0.358 e. The number of hydrogen-bond donors (Lipinski definition) is 0. The standard InChI is InChI=1S/2C16H13.C2H5.2CH3.Zr/c2*1-12-10-14-8-5-9-15(16(14)11-12)13-6-3-2-4-7-13;1-2;;;/h2*2-11H,1H3;1H2,2H3;2*1H3;/q5*-1;. The summed E-state index contributed by atoms with van der Waals surface area (Å²) in [4.78, 5) is 0. The predicted octanol–water partition coefficient (Wildman–Crippen LogP) is 10.8. The van der Waals surface area contributed by atoms with Gasteiger partial charge in [-0.2, -0.15) is 19.1 Å². The van der Waals surface area contributed by atoms with E-state index in [0.717, 1.165) is 0 Å². The van der Waals surface area contributed by atoms with Gasteiger partial charge in [0.2, 0.25) is 0 Å². The molecule has 0 nitrogen and oxygen atoms in total. The zero-order chi connectivity index (χ0) is 23.9. The maximum Gasteiger partial charge on any atom is 0 e. The summed E-state index contributed by atoms with van der Waals surface area (Å²) in [7, 11) is 0. The monoisotopic (exact) mass is 559 g/mol. The van der Waals surface area contributed by atoms with Crippen LogP contribution in [0, 0.1) is 35.6 Å². The van der Waals surface area contributed by atoms with Gasteiger partial charge in [-0.15, -0.1) is 69.1 Å². The van der Waals surface area contributed by atoms with Crippen molar-refractivity contribution in [1.82, 2.24) is 0 Å². The number of fused-ring (bicyclic) bond motifs is 2. The Bertz CT molecular complexity index is 1350. The van der Waals surface area contributed by atoms with E-state index in [9.17, 15) is 0 Å². The van der Waals surface area contributed by atoms with Crippen LogP contribution in [-0.4, -0.2) is 0 Å². The topological polar surface area (TPSA) is 0 Å². The zero-order valence-electron chi connectivity index (χ0n) is 22.8. The smallest absolute Gasteiger partial charge is 0 e. The van der Waals surface area contributed by atoms with E-state index in [0.29, 0.717) is 0 Å². The van der Waals surface area contributed by atoms with Crippen LogP contribution >= 0.6 is 0 Å². The third-order valence-electron chi connectivity index (χ3n) is 5.96. The molecule has 0 saturated carbocycles. The number of rotatable bonds is 2. The fourth-order valence-electron chi connectivity index (χ4n) is 4.51. The summed E-state index contributed by atoms with van der Waals surface area (Å²) in [5.41, 5.74) is 7.89. The Morgan fingerprint density at radius 3 is 1.19 bits per heavy atom. The van der Waals surface area contributed by atoms with Crippen molar-refractivity contribution < 1.29 is 26.2 Å². The summed E-state index contributed by atoms with van der Waals surface area (Å²) in [5.74, 6) is 0. The van der Waals surface area contributed by atoms with E-state index < -0.39 is 0 Å². The van der Waals surface area contributed by atoms with Gasteiger partial charge in [0.15, 0.2) is 0 Å². The van der Waals surface area contributed by atoms with Crippen molar-refractivity contribution in [3.8, 4) is 22.3 Å². The van der Waals surface area contributed by atoms with E-state index in [4.69, 9.17) is 0 Å². The van der Waals surface area contributed by atoms with Gasteiger partial charge in [0.1, 0.15) is 0 Å². The zero-order valence-corrected chi connectivity index (χ0v) is 25.2. The minimum absolute atomic E-state index is 0. The first-order chi connectivity index (χ1) is 16.7. The molecule has 0 aliphatic rings. The first kappa shape index (κ1) is 32.0. The summed E-state index contributed by atoms with van der Waals surface area (Å²) in [6, 6.07) is 43.1. The molecule has 0 aliphatic heterocycles. The van der Waals surface area contributed by atoms with E-state index in [-0.39, 0.29) is 41.1 Å². The van der Waals surface area contributed by atoms with Gasteiger partial charge in [0.05, 0.1) is 0 Å². The molecule has 0 amide bonds. The molecular formula is C36H37Zr-5. The van der Waals surface area contributed by atoms with Crippen LogP contribution in [0.4, 0.5) is 0 Å². The van der Waals surface area contributed by atoms with Crippen molar-refractivity contribution in [2.75, 3.05) is 0 Å². The Morgan fingerprint density at radius 1 is 0.486 bits per heavy atom. The SMILES string of the molecule is Cc1cc2c(-c3ccccc3)cccc2[cH-]1.Cc1cc2c(-c3ccccc3)cccc2[cH-]1.[CH2-]C.[CH3-].[CH3-].[Zr]. The van der Waals surface area contributed by atoms with Crippen molar-refractivity contribution in [3.63, 3.8) is 0 Å². The molecule has 0 unspecified atom stereocenters. The second-order valence-electron chi connectivity index (χ2n) is 8.41. The average molecular weight is 561 g/mol. The van der Waals surface area contributed by atoms with Gasteiger partial charge in [0, 0.05) is 26.2 Å². The van der Waals surface area contributed by atoms with Crippen LogP contribution in [0.1, 0.15) is 18.1 Å². The molecule has 6 rings (SSSR count). The Morgan fingerprint density at radius 2 is 0.838 bits per heavy atom. The van der Waals surface area contributed by atoms with Crippen molar-refractivity contribution in [2.24, 2.45) is 0 Å². The largest absolute Gasteiger partial charge is 0.358 e. The summed E-state index contributed by atoms with van der Waals surface area (Å²) >= 11 is 0. The van der Waals surface area contributed by atoms with Crippen molar-refractivity contribution in [2.45, 2.75) is 20.8 Å². The molecule has 0 atom stereocenters. The van der Waals surface area contributed by atoms with E-state index in [1.54, 1.807) is 6.92 Å². The molecule has 1 heteroatoms. The van der Waals surface area contributed by atoms with Gasteiger partial charge in [-0.05, 0) is 11.1 Å². The van der Waals surface area contributed by atoms with Crippen LogP contribution in [0.25, 0.3) is 43.8 Å². The molecule has 0 spiro atoms. The summed E-state index contributed by atoms with van der Waals surface area (Å²) in [5, 5.41) is 5.37. The Balaban J connectivity index is 0.000000322. The Hall–Kier alpha value is -3.02. The van der Waals surface area contributed by atoms with Gasteiger partial charge in [-0.25, -0.2) is 0 Å². The summed E-state index contributed by atoms with van der Waals surface area (Å²) < 4.78 is 0. The van der Waals surface area contributed by atoms with Crippen LogP contribution in [0.5, 0.6) is 0 Å². The van der Waals surface area contributed by atoms with Gasteiger partial charge in [0.25, 0.3) is 0 Å². The van der Waals surface area contributed by atoms with Crippen molar-refractivity contribution in [3.05, 3.63) is 154 Å². The molecule has 0 aliphatic carbocycles. The molecule has 0 heterocycles. The van der Waals surface area contributed by atoms with E-state index in [1.807, 2.05) is 0 Å². The fraction of sp³-hybridized carbons (Fsp3) is 0.0833. The molecule has 6 aromatic rings. The van der Waals surface area contributed by atoms with E-state index in [2.05, 4.69) is 142 Å². The van der Waals surface area contributed by atoms with Crippen LogP contribution in [0.15, 0.2) is 121 Å². The number of aryl methyl sites for hydroxylation is 2. The second-order valence-corrected chi connectivity index (χ2v) is 8.41. The summed E-state index contributed by atoms with van der Waals surface area (Å²) in [6.07, 6.45) is 0. The minimum atomic E-state index is 0. The second kappa shape index (κ2) is 15.3. The molecule has 6 aromatic carbocycles. The maximum atomic E-state index is 3.25. The van der Waals surface area contributed by atoms with E-state index in [1.165, 1.54) is 54.9 Å². The first-order valence-electron chi connectivity index (χ1n) is 11.8. The van der Waals surface area contributed by atoms with Crippen LogP contribution in [0.2, 0.25) is 0 Å². The molecular weight excluding hydrogens is 524 g/mol. The van der Waals surface area contributed by atoms with Crippen LogP contribution < -0.4 is 0 Å². The van der Waals surface area contributed by atoms with Crippen molar-refractivity contribution in [1.29, 1.82) is 0 Å². The average Bonchev–Trinajstić information content (AvgIpc) is 3.47. The molecule has 0 fully saturated rings. The van der Waals surface area contributed by atoms with Crippen molar-refractivity contribution >= 4 is 21.5 Å². The predicted molar refractivity (Wildman–Crippen MR) is 163 cm³/mol. The summed E-state index contributed by atoms with van der Waals surface area (Å²) in [6.45, 7) is 9.30. The van der Waals surface area contributed by atoms with Gasteiger partial charge in [-0.3, -0.25) is 0 Å². The molecule has 0 radical (unpaired) electrons. The number of benzene rings is 4. The molecule has 37 heavy (non-hydrogen) atoms. The third kappa shape index (κ3) is 7.50. The quantitative estimate of drug-likeness (QED) is 0.185. The Labute approximate surface area is 243 Å². The molecule has 0 N–H and O–H groups in total. The maximum absolute atomic E-state index is 3.25.